The van der Waals surface area contributed by atoms with Crippen molar-refractivity contribution in [3.63, 3.8) is 0 Å². The van der Waals surface area contributed by atoms with E-state index in [0.29, 0.717) is 5.76 Å². The summed E-state index contributed by atoms with van der Waals surface area (Å²) in [6, 6.07) is 3.56. The van der Waals surface area contributed by atoms with Gasteiger partial charge in [-0.1, -0.05) is 12.2 Å². The van der Waals surface area contributed by atoms with Crippen LogP contribution in [-0.2, 0) is 9.59 Å². The molecule has 2 heterocycles. The van der Waals surface area contributed by atoms with E-state index in [2.05, 4.69) is 39.8 Å². The monoisotopic (exact) mass is 396 g/mol. The lowest BCUT2D eigenvalue weighted by Crippen LogP contribution is -2.38. The van der Waals surface area contributed by atoms with Gasteiger partial charge in [0.25, 0.3) is 11.8 Å². The number of hydrogen-bond acceptors (Lipinski definition) is 4. The molecular weight excluding hydrogens is 383 g/mol. The van der Waals surface area contributed by atoms with Crippen molar-refractivity contribution < 1.29 is 14.0 Å². The van der Waals surface area contributed by atoms with Gasteiger partial charge < -0.3 is 4.42 Å². The Labute approximate surface area is 135 Å². The first-order valence-electron chi connectivity index (χ1n) is 7.00. The number of carbonyl (C=O) groups excluding carboxylic acids is 2. The first-order valence-corrected chi connectivity index (χ1v) is 8.08. The van der Waals surface area contributed by atoms with Gasteiger partial charge in [0.1, 0.15) is 5.76 Å². The van der Waals surface area contributed by atoms with Gasteiger partial charge in [0.2, 0.25) is 0 Å². The highest BCUT2D eigenvalue weighted by atomic mass is 127. The maximum Gasteiger partial charge on any atom is 0.254 e. The number of allylic oxidation sites excluding steroid dienone is 2. The number of halogens is 1. The largest absolute Gasteiger partial charge is 0.449 e. The van der Waals surface area contributed by atoms with Gasteiger partial charge in [0, 0.05) is 0 Å². The smallest absolute Gasteiger partial charge is 0.254 e. The van der Waals surface area contributed by atoms with Gasteiger partial charge in [-0.3, -0.25) is 9.59 Å². The summed E-state index contributed by atoms with van der Waals surface area (Å²) in [5.74, 6) is 0.173. The first kappa shape index (κ1) is 13.2. The van der Waals surface area contributed by atoms with Crippen molar-refractivity contribution in [3.8, 4) is 0 Å². The van der Waals surface area contributed by atoms with Crippen LogP contribution in [0.3, 0.4) is 0 Å². The topological polar surface area (TPSA) is 62.9 Å². The molecule has 0 spiro atoms. The Morgan fingerprint density at radius 1 is 1.14 bits per heavy atom. The Hall–Kier alpha value is -1.44. The van der Waals surface area contributed by atoms with Crippen LogP contribution < -0.4 is 0 Å². The quantitative estimate of drug-likeness (QED) is 0.334. The fourth-order valence-electron chi connectivity index (χ4n) is 3.68. The molecule has 1 aromatic heterocycles. The molecule has 4 aliphatic rings. The van der Waals surface area contributed by atoms with Gasteiger partial charge in [-0.05, 0) is 59.4 Å². The van der Waals surface area contributed by atoms with Gasteiger partial charge in [0.05, 0.1) is 18.1 Å². The standard InChI is InChI=1S/C15H13IN2O3/c16-11-6-5-10(21-11)7-17-18-14(19)12-8-1-2-9(4-3-8)13(12)15(18)20/h1-2,5-9,12-13H,3-4H2/b17-7+. The Kier molecular flexibility index (Phi) is 3.02. The number of fused-ring (bicyclic) bond motifs is 1. The summed E-state index contributed by atoms with van der Waals surface area (Å²) in [4.78, 5) is 25.0. The maximum absolute atomic E-state index is 12.5. The third kappa shape index (κ3) is 1.99. The van der Waals surface area contributed by atoms with E-state index in [1.807, 2.05) is 0 Å². The lowest BCUT2D eigenvalue weighted by Gasteiger charge is -2.37. The lowest BCUT2D eigenvalue weighted by atomic mass is 9.63. The molecule has 2 fully saturated rings. The van der Waals surface area contributed by atoms with Gasteiger partial charge in [-0.25, -0.2) is 0 Å². The second kappa shape index (κ2) is 4.79. The van der Waals surface area contributed by atoms with Crippen LogP contribution in [0.2, 0.25) is 0 Å². The van der Waals surface area contributed by atoms with Crippen LogP contribution in [0.1, 0.15) is 18.6 Å². The van der Waals surface area contributed by atoms with E-state index < -0.39 is 0 Å². The summed E-state index contributed by atoms with van der Waals surface area (Å²) >= 11 is 2.05. The van der Waals surface area contributed by atoms with Crippen LogP contribution in [-0.4, -0.2) is 23.0 Å². The molecule has 1 aliphatic heterocycles. The van der Waals surface area contributed by atoms with Crippen LogP contribution in [0.5, 0.6) is 0 Å². The van der Waals surface area contributed by atoms with Crippen molar-refractivity contribution >= 4 is 40.6 Å². The first-order chi connectivity index (χ1) is 10.1. The molecule has 0 radical (unpaired) electrons. The van der Waals surface area contributed by atoms with Gasteiger partial charge in [-0.15, -0.1) is 0 Å². The number of rotatable bonds is 2. The summed E-state index contributed by atoms with van der Waals surface area (Å²) in [5.41, 5.74) is 0. The molecule has 0 N–H and O–H groups in total. The average Bonchev–Trinajstić information content (AvgIpc) is 3.03. The second-order valence-electron chi connectivity index (χ2n) is 5.72. The van der Waals surface area contributed by atoms with Crippen molar-refractivity contribution in [3.05, 3.63) is 33.8 Å². The van der Waals surface area contributed by atoms with E-state index in [1.165, 1.54) is 6.21 Å². The summed E-state index contributed by atoms with van der Waals surface area (Å²) < 4.78 is 6.10. The van der Waals surface area contributed by atoms with Crippen molar-refractivity contribution in [1.82, 2.24) is 5.01 Å². The van der Waals surface area contributed by atoms with Crippen LogP contribution in [0.25, 0.3) is 0 Å². The van der Waals surface area contributed by atoms with E-state index in [1.54, 1.807) is 12.1 Å². The molecule has 1 saturated carbocycles. The minimum Gasteiger partial charge on any atom is -0.449 e. The number of furan rings is 1. The van der Waals surface area contributed by atoms with Crippen molar-refractivity contribution in [2.75, 3.05) is 0 Å². The molecule has 21 heavy (non-hydrogen) atoms. The molecule has 4 unspecified atom stereocenters. The van der Waals surface area contributed by atoms with Crippen molar-refractivity contribution in [2.45, 2.75) is 12.8 Å². The highest BCUT2D eigenvalue weighted by Gasteiger charge is 2.56. The lowest BCUT2D eigenvalue weighted by molar-refractivity contribution is -0.140. The Morgan fingerprint density at radius 2 is 1.76 bits per heavy atom. The van der Waals surface area contributed by atoms with E-state index in [4.69, 9.17) is 4.42 Å². The van der Waals surface area contributed by atoms with Crippen LogP contribution in [0.15, 0.2) is 33.8 Å². The Balaban J connectivity index is 1.62. The minimum atomic E-state index is -0.213. The zero-order chi connectivity index (χ0) is 14.6. The predicted molar refractivity (Wildman–Crippen MR) is 83.2 cm³/mol. The summed E-state index contributed by atoms with van der Waals surface area (Å²) in [6.45, 7) is 0. The minimum absolute atomic E-state index is 0.165. The number of imide groups is 1. The molecule has 1 saturated heterocycles. The van der Waals surface area contributed by atoms with E-state index in [0.717, 1.165) is 21.6 Å². The maximum atomic E-state index is 12.5. The number of hydrazone groups is 1. The highest BCUT2D eigenvalue weighted by molar-refractivity contribution is 14.1. The molecule has 6 heteroatoms. The molecule has 5 rings (SSSR count). The Bertz CT molecular complexity index is 646. The molecule has 4 atom stereocenters. The van der Waals surface area contributed by atoms with Crippen molar-refractivity contribution in [2.24, 2.45) is 28.8 Å². The second-order valence-corrected chi connectivity index (χ2v) is 6.78. The predicted octanol–water partition coefficient (Wildman–Crippen LogP) is 2.42. The zero-order valence-corrected chi connectivity index (χ0v) is 13.3. The molecule has 5 nitrogen and oxygen atoms in total. The molecule has 2 amide bonds. The summed E-state index contributed by atoms with van der Waals surface area (Å²) in [5, 5.41) is 5.12. The van der Waals surface area contributed by atoms with Gasteiger partial charge in [-0.2, -0.15) is 10.1 Å². The fraction of sp³-hybridized carbons (Fsp3) is 0.400. The third-order valence-electron chi connectivity index (χ3n) is 4.63. The SMILES string of the molecule is O=C1C2C3C=CC(CC3)C2C(=O)N1/N=C/c1ccc(I)o1. The van der Waals surface area contributed by atoms with E-state index in [9.17, 15) is 9.59 Å². The average molecular weight is 396 g/mol. The molecule has 108 valence electrons. The van der Waals surface area contributed by atoms with Crippen LogP contribution in [0, 0.1) is 27.4 Å². The molecule has 0 aromatic carbocycles. The Morgan fingerprint density at radius 3 is 2.24 bits per heavy atom. The molecule has 2 bridgehead atoms. The molecule has 1 aromatic rings. The fourth-order valence-corrected chi connectivity index (χ4v) is 4.12. The van der Waals surface area contributed by atoms with Crippen LogP contribution >= 0.6 is 22.6 Å². The van der Waals surface area contributed by atoms with Crippen LogP contribution in [0.4, 0.5) is 0 Å². The van der Waals surface area contributed by atoms with Crippen molar-refractivity contribution in [1.29, 1.82) is 0 Å². The van der Waals surface area contributed by atoms with E-state index in [-0.39, 0.29) is 35.5 Å². The third-order valence-corrected chi connectivity index (χ3v) is 5.21. The highest BCUT2D eigenvalue weighted by Crippen LogP contribution is 2.49. The van der Waals surface area contributed by atoms with E-state index >= 15 is 0 Å². The number of hydrogen-bond donors (Lipinski definition) is 0. The zero-order valence-electron chi connectivity index (χ0n) is 11.1. The number of nitrogens with zero attached hydrogens (tertiary/aromatic N) is 2. The normalized spacial score (nSPS) is 34.2. The number of amides is 2. The summed E-state index contributed by atoms with van der Waals surface area (Å²) in [6.07, 6.45) is 7.63. The molecular formula is C15H13IN2O3. The molecule has 3 aliphatic carbocycles. The van der Waals surface area contributed by atoms with Gasteiger partial charge in [0.15, 0.2) is 3.77 Å². The number of carbonyl (C=O) groups is 2. The van der Waals surface area contributed by atoms with Gasteiger partial charge >= 0.3 is 0 Å². The summed E-state index contributed by atoms with van der Waals surface area (Å²) in [7, 11) is 0.